The van der Waals surface area contributed by atoms with Crippen LogP contribution in [0.4, 0.5) is 5.82 Å². The van der Waals surface area contributed by atoms with Crippen molar-refractivity contribution in [1.82, 2.24) is 15.1 Å². The normalized spacial score (nSPS) is 19.6. The summed E-state index contributed by atoms with van der Waals surface area (Å²) in [6.45, 7) is 5.21. The third kappa shape index (κ3) is 2.07. The van der Waals surface area contributed by atoms with Gasteiger partial charge in [0.25, 0.3) is 0 Å². The molecule has 2 heterocycles. The second-order valence-electron chi connectivity index (χ2n) is 4.65. The van der Waals surface area contributed by atoms with Crippen LogP contribution in [-0.2, 0) is 4.79 Å². The average molecular weight is 255 g/mol. The number of likely N-dealkylation sites (N-methyl/N-ethyl adjacent to an activating group) is 1. The number of anilines is 1. The van der Waals surface area contributed by atoms with Crippen molar-refractivity contribution in [2.45, 2.75) is 19.4 Å². The summed E-state index contributed by atoms with van der Waals surface area (Å²) in [5, 5.41) is 8.20. The number of hydrogen-bond acceptors (Lipinski definition) is 4. The van der Waals surface area contributed by atoms with Crippen LogP contribution in [0.15, 0.2) is 12.1 Å². The Morgan fingerprint density at radius 2 is 2.00 bits per heavy atom. The summed E-state index contributed by atoms with van der Waals surface area (Å²) in [5.41, 5.74) is -0.602. The van der Waals surface area contributed by atoms with E-state index in [4.69, 9.17) is 11.6 Å². The molecule has 0 unspecified atom stereocenters. The van der Waals surface area contributed by atoms with Gasteiger partial charge in [-0.25, -0.2) is 0 Å². The zero-order valence-electron chi connectivity index (χ0n) is 10.1. The van der Waals surface area contributed by atoms with E-state index in [1.54, 1.807) is 17.0 Å². The van der Waals surface area contributed by atoms with Crippen molar-refractivity contribution < 1.29 is 4.79 Å². The fourth-order valence-corrected chi connectivity index (χ4v) is 2.17. The Kier molecular flexibility index (Phi) is 2.95. The first-order valence-corrected chi connectivity index (χ1v) is 5.83. The van der Waals surface area contributed by atoms with Gasteiger partial charge in [-0.3, -0.25) is 4.79 Å². The Labute approximate surface area is 105 Å². The van der Waals surface area contributed by atoms with Gasteiger partial charge in [0.05, 0.1) is 0 Å². The number of amides is 1. The molecular weight excluding hydrogens is 240 g/mol. The van der Waals surface area contributed by atoms with E-state index in [9.17, 15) is 4.79 Å². The van der Waals surface area contributed by atoms with Crippen LogP contribution in [0.3, 0.4) is 0 Å². The van der Waals surface area contributed by atoms with Crippen molar-refractivity contribution >= 4 is 23.3 Å². The second kappa shape index (κ2) is 4.14. The third-order valence-electron chi connectivity index (χ3n) is 3.10. The average Bonchev–Trinajstić information content (AvgIpc) is 2.28. The Bertz CT molecular complexity index is 432. The number of rotatable bonds is 1. The SMILES string of the molecule is CN1CCN(c2ccc(Cl)nn2)C(C)(C)C1=O. The minimum absolute atomic E-state index is 0.0838. The standard InChI is InChI=1S/C11H15ClN4O/c1-11(2)10(17)15(3)6-7-16(11)9-5-4-8(12)13-14-9/h4-5H,6-7H2,1-3H3. The molecule has 1 aliphatic heterocycles. The van der Waals surface area contributed by atoms with Gasteiger partial charge >= 0.3 is 0 Å². The van der Waals surface area contributed by atoms with Crippen LogP contribution >= 0.6 is 11.6 Å². The summed E-state index contributed by atoms with van der Waals surface area (Å²) >= 11 is 5.71. The van der Waals surface area contributed by atoms with Gasteiger partial charge in [-0.05, 0) is 26.0 Å². The molecule has 0 aliphatic carbocycles. The van der Waals surface area contributed by atoms with E-state index in [1.165, 1.54) is 0 Å². The molecule has 5 nitrogen and oxygen atoms in total. The maximum Gasteiger partial charge on any atom is 0.247 e. The van der Waals surface area contributed by atoms with Crippen LogP contribution in [0, 0.1) is 0 Å². The first-order valence-electron chi connectivity index (χ1n) is 5.45. The zero-order valence-corrected chi connectivity index (χ0v) is 10.9. The molecule has 17 heavy (non-hydrogen) atoms. The topological polar surface area (TPSA) is 49.3 Å². The van der Waals surface area contributed by atoms with E-state index < -0.39 is 5.54 Å². The molecule has 0 spiro atoms. The number of piperazine rings is 1. The maximum absolute atomic E-state index is 12.1. The third-order valence-corrected chi connectivity index (χ3v) is 3.30. The lowest BCUT2D eigenvalue weighted by molar-refractivity contribution is -0.136. The number of nitrogens with zero attached hydrogens (tertiary/aromatic N) is 4. The van der Waals surface area contributed by atoms with Gasteiger partial charge in [0, 0.05) is 20.1 Å². The highest BCUT2D eigenvalue weighted by atomic mass is 35.5. The molecule has 1 aliphatic rings. The molecule has 0 saturated carbocycles. The van der Waals surface area contributed by atoms with E-state index >= 15 is 0 Å². The van der Waals surface area contributed by atoms with Crippen LogP contribution in [0.5, 0.6) is 0 Å². The van der Waals surface area contributed by atoms with Crippen molar-refractivity contribution in [3.8, 4) is 0 Å². The van der Waals surface area contributed by atoms with Gasteiger partial charge in [0.2, 0.25) is 5.91 Å². The van der Waals surface area contributed by atoms with Crippen LogP contribution in [0.1, 0.15) is 13.8 Å². The number of carbonyl (C=O) groups excluding carboxylic acids is 1. The lowest BCUT2D eigenvalue weighted by atomic mass is 9.98. The van der Waals surface area contributed by atoms with E-state index in [-0.39, 0.29) is 5.91 Å². The highest BCUT2D eigenvalue weighted by Gasteiger charge is 2.41. The summed E-state index contributed by atoms with van der Waals surface area (Å²) in [6, 6.07) is 3.47. The molecule has 1 fully saturated rings. The van der Waals surface area contributed by atoms with Crippen molar-refractivity contribution in [2.24, 2.45) is 0 Å². The molecule has 6 heteroatoms. The molecule has 0 atom stereocenters. The molecule has 0 radical (unpaired) electrons. The van der Waals surface area contributed by atoms with E-state index in [1.807, 2.05) is 25.8 Å². The smallest absolute Gasteiger partial charge is 0.247 e. The van der Waals surface area contributed by atoms with E-state index in [0.29, 0.717) is 17.5 Å². The molecule has 0 bridgehead atoms. The fraction of sp³-hybridized carbons (Fsp3) is 0.545. The minimum atomic E-state index is -0.602. The quantitative estimate of drug-likeness (QED) is 0.755. The van der Waals surface area contributed by atoms with Gasteiger partial charge in [0.1, 0.15) is 5.54 Å². The number of hydrogen-bond donors (Lipinski definition) is 0. The van der Waals surface area contributed by atoms with Crippen molar-refractivity contribution in [2.75, 3.05) is 25.0 Å². The van der Waals surface area contributed by atoms with Crippen molar-refractivity contribution in [3.05, 3.63) is 17.3 Å². The monoisotopic (exact) mass is 254 g/mol. The van der Waals surface area contributed by atoms with Crippen LogP contribution in [-0.4, -0.2) is 46.7 Å². The number of halogens is 1. The predicted molar refractivity (Wildman–Crippen MR) is 66.1 cm³/mol. The lowest BCUT2D eigenvalue weighted by Crippen LogP contribution is -2.62. The largest absolute Gasteiger partial charge is 0.342 e. The van der Waals surface area contributed by atoms with Crippen molar-refractivity contribution in [1.29, 1.82) is 0 Å². The molecule has 92 valence electrons. The zero-order chi connectivity index (χ0) is 12.6. The Balaban J connectivity index is 2.32. The minimum Gasteiger partial charge on any atom is -0.342 e. The van der Waals surface area contributed by atoms with Gasteiger partial charge < -0.3 is 9.80 Å². The number of aromatic nitrogens is 2. The number of carbonyl (C=O) groups is 1. The Morgan fingerprint density at radius 3 is 2.59 bits per heavy atom. The molecule has 1 amide bonds. The highest BCUT2D eigenvalue weighted by Crippen LogP contribution is 2.26. The molecule has 0 N–H and O–H groups in total. The van der Waals surface area contributed by atoms with Gasteiger partial charge in [-0.15, -0.1) is 10.2 Å². The molecular formula is C11H15ClN4O. The molecule has 1 saturated heterocycles. The highest BCUT2D eigenvalue weighted by molar-refractivity contribution is 6.29. The maximum atomic E-state index is 12.1. The summed E-state index contributed by atoms with van der Waals surface area (Å²) in [5.74, 6) is 0.765. The Morgan fingerprint density at radius 1 is 1.29 bits per heavy atom. The van der Waals surface area contributed by atoms with Gasteiger partial charge in [0.15, 0.2) is 11.0 Å². The van der Waals surface area contributed by atoms with Crippen LogP contribution in [0.25, 0.3) is 0 Å². The summed E-state index contributed by atoms with van der Waals surface area (Å²) in [6.07, 6.45) is 0. The summed E-state index contributed by atoms with van der Waals surface area (Å²) in [4.78, 5) is 15.8. The molecule has 1 aromatic rings. The van der Waals surface area contributed by atoms with Crippen LogP contribution < -0.4 is 4.90 Å². The first kappa shape index (κ1) is 12.1. The van der Waals surface area contributed by atoms with E-state index in [2.05, 4.69) is 10.2 Å². The predicted octanol–water partition coefficient (Wildman–Crippen LogP) is 1.19. The first-order chi connectivity index (χ1) is 7.93. The summed E-state index contributed by atoms with van der Waals surface area (Å²) in [7, 11) is 1.81. The van der Waals surface area contributed by atoms with Crippen molar-refractivity contribution in [3.63, 3.8) is 0 Å². The molecule has 1 aromatic heterocycles. The Hall–Kier alpha value is -1.36. The van der Waals surface area contributed by atoms with Gasteiger partial charge in [-0.2, -0.15) is 0 Å². The summed E-state index contributed by atoms with van der Waals surface area (Å²) < 4.78 is 0. The lowest BCUT2D eigenvalue weighted by Gasteiger charge is -2.45. The van der Waals surface area contributed by atoms with Crippen LogP contribution in [0.2, 0.25) is 5.15 Å². The fourth-order valence-electron chi connectivity index (χ4n) is 2.07. The van der Waals surface area contributed by atoms with E-state index in [0.717, 1.165) is 6.54 Å². The van der Waals surface area contributed by atoms with Gasteiger partial charge in [-0.1, -0.05) is 11.6 Å². The molecule has 2 rings (SSSR count). The molecule has 0 aromatic carbocycles. The second-order valence-corrected chi connectivity index (χ2v) is 5.04.